The maximum absolute atomic E-state index is 13.9. The Balaban J connectivity index is 1.28. The number of anilines is 1. The molecule has 0 aliphatic carbocycles. The molecular formula is C29H31FN6O2. The van der Waals surface area contributed by atoms with Crippen molar-refractivity contribution in [1.82, 2.24) is 24.8 Å². The van der Waals surface area contributed by atoms with Gasteiger partial charge < -0.3 is 25.1 Å². The Labute approximate surface area is 219 Å². The zero-order chi connectivity index (χ0) is 26.4. The second-order valence-corrected chi connectivity index (χ2v) is 10.3. The highest BCUT2D eigenvalue weighted by Gasteiger charge is 2.29. The van der Waals surface area contributed by atoms with Crippen molar-refractivity contribution in [3.05, 3.63) is 81.0 Å². The van der Waals surface area contributed by atoms with Gasteiger partial charge in [-0.3, -0.25) is 9.59 Å². The summed E-state index contributed by atoms with van der Waals surface area (Å²) in [4.78, 5) is 41.1. The molecule has 6 rings (SSSR count). The Hall–Kier alpha value is -3.98. The molecular weight excluding hydrogens is 483 g/mol. The maximum Gasteiger partial charge on any atom is 0.261 e. The van der Waals surface area contributed by atoms with Gasteiger partial charge in [-0.15, -0.1) is 0 Å². The summed E-state index contributed by atoms with van der Waals surface area (Å²) in [6, 6.07) is 10.0. The van der Waals surface area contributed by atoms with Gasteiger partial charge in [-0.25, -0.2) is 9.37 Å². The molecule has 8 nitrogen and oxygen atoms in total. The highest BCUT2D eigenvalue weighted by atomic mass is 19.1. The first kappa shape index (κ1) is 24.4. The van der Waals surface area contributed by atoms with Crippen molar-refractivity contribution >= 4 is 22.6 Å². The largest absolute Gasteiger partial charge is 0.378 e. The summed E-state index contributed by atoms with van der Waals surface area (Å²) in [5.41, 5.74) is 5.47. The van der Waals surface area contributed by atoms with Gasteiger partial charge in [-0.05, 0) is 86.8 Å². The number of hydrogen-bond donors (Lipinski definition) is 3. The standard InChI is InChI=1S/C29H31FN6O2/c1-17-5-6-20(30)14-21(17)18(2)32-23-7-8-31-28(37)26(23)27-33-24-13-19-16-36(12-11-35-9-3-4-10-35)29(38)22(19)15-25(24)34-27/h5-8,13-15,18H,3-4,9-12,16H2,1-2H3,(H,33,34)(H2,31,32,37)/t18-/m0/s1. The number of halogens is 1. The molecule has 3 N–H and O–H groups in total. The number of fused-ring (bicyclic) bond motifs is 2. The van der Waals surface area contributed by atoms with Crippen LogP contribution in [0.2, 0.25) is 0 Å². The number of hydrogen-bond acceptors (Lipinski definition) is 5. The molecule has 0 saturated carbocycles. The SMILES string of the molecule is Cc1ccc(F)cc1[C@H](C)Nc1cc[nH]c(=O)c1-c1nc2cc3c(cc2[nH]1)CN(CCN1CCCC1)C3=O. The summed E-state index contributed by atoms with van der Waals surface area (Å²) in [7, 11) is 0. The van der Waals surface area contributed by atoms with Crippen LogP contribution >= 0.6 is 0 Å². The number of H-pyrrole nitrogens is 2. The molecule has 4 aromatic rings. The Morgan fingerprint density at radius 2 is 1.92 bits per heavy atom. The lowest BCUT2D eigenvalue weighted by Gasteiger charge is -2.20. The van der Waals surface area contributed by atoms with Crippen molar-refractivity contribution in [2.75, 3.05) is 31.5 Å². The summed E-state index contributed by atoms with van der Waals surface area (Å²) in [5, 5.41) is 3.36. The molecule has 2 aromatic carbocycles. The predicted molar refractivity (Wildman–Crippen MR) is 146 cm³/mol. The zero-order valence-corrected chi connectivity index (χ0v) is 21.6. The van der Waals surface area contributed by atoms with E-state index in [0.717, 1.165) is 48.4 Å². The molecule has 38 heavy (non-hydrogen) atoms. The monoisotopic (exact) mass is 514 g/mol. The number of nitrogens with zero attached hydrogens (tertiary/aromatic N) is 3. The van der Waals surface area contributed by atoms with Gasteiger partial charge >= 0.3 is 0 Å². The maximum atomic E-state index is 13.9. The first-order chi connectivity index (χ1) is 18.4. The second kappa shape index (κ2) is 9.72. The number of aromatic amines is 2. The molecule has 1 fully saturated rings. The summed E-state index contributed by atoms with van der Waals surface area (Å²) >= 11 is 0. The van der Waals surface area contributed by atoms with Gasteiger partial charge in [-0.1, -0.05) is 6.07 Å². The molecule has 0 bridgehead atoms. The number of pyridine rings is 1. The average molecular weight is 515 g/mol. The number of likely N-dealkylation sites (tertiary alicyclic amines) is 1. The van der Waals surface area contributed by atoms with Crippen LogP contribution in [-0.2, 0) is 6.54 Å². The van der Waals surface area contributed by atoms with Crippen LogP contribution in [0.1, 0.15) is 52.9 Å². The number of nitrogens with one attached hydrogen (secondary N) is 3. The first-order valence-corrected chi connectivity index (χ1v) is 13.2. The van der Waals surface area contributed by atoms with Gasteiger partial charge in [0.05, 0.1) is 16.7 Å². The van der Waals surface area contributed by atoms with E-state index in [-0.39, 0.29) is 23.3 Å². The molecule has 9 heteroatoms. The number of carbonyl (C=O) groups excluding carboxylic acids is 1. The number of amides is 1. The molecule has 0 radical (unpaired) electrons. The van der Waals surface area contributed by atoms with Gasteiger partial charge in [0.2, 0.25) is 0 Å². The smallest absolute Gasteiger partial charge is 0.261 e. The van der Waals surface area contributed by atoms with Crippen LogP contribution in [0.25, 0.3) is 22.4 Å². The Morgan fingerprint density at radius 1 is 1.11 bits per heavy atom. The fraction of sp³-hybridized carbons (Fsp3) is 0.345. The summed E-state index contributed by atoms with van der Waals surface area (Å²) < 4.78 is 13.9. The second-order valence-electron chi connectivity index (χ2n) is 10.3. The minimum absolute atomic E-state index is 0.0323. The van der Waals surface area contributed by atoms with Crippen molar-refractivity contribution in [2.45, 2.75) is 39.3 Å². The minimum atomic E-state index is -0.306. The number of imidazole rings is 1. The molecule has 196 valence electrons. The normalized spacial score (nSPS) is 16.4. The predicted octanol–water partition coefficient (Wildman–Crippen LogP) is 4.59. The third kappa shape index (κ3) is 4.47. The van der Waals surface area contributed by atoms with Gasteiger partial charge in [0.1, 0.15) is 17.2 Å². The van der Waals surface area contributed by atoms with Crippen molar-refractivity contribution < 1.29 is 9.18 Å². The lowest BCUT2D eigenvalue weighted by atomic mass is 10.0. The van der Waals surface area contributed by atoms with E-state index in [9.17, 15) is 14.0 Å². The van der Waals surface area contributed by atoms with Crippen molar-refractivity contribution in [1.29, 1.82) is 0 Å². The number of carbonyl (C=O) groups is 1. The first-order valence-electron chi connectivity index (χ1n) is 13.2. The number of rotatable bonds is 7. The third-order valence-electron chi connectivity index (χ3n) is 7.75. The molecule has 2 aromatic heterocycles. The minimum Gasteiger partial charge on any atom is -0.378 e. The van der Waals surface area contributed by atoms with Crippen LogP contribution < -0.4 is 10.9 Å². The Morgan fingerprint density at radius 3 is 2.74 bits per heavy atom. The fourth-order valence-electron chi connectivity index (χ4n) is 5.67. The van der Waals surface area contributed by atoms with E-state index >= 15 is 0 Å². The van der Waals surface area contributed by atoms with E-state index in [0.29, 0.717) is 34.7 Å². The van der Waals surface area contributed by atoms with Gasteiger partial charge in [0.25, 0.3) is 11.5 Å². The van der Waals surface area contributed by atoms with Gasteiger partial charge in [-0.2, -0.15) is 0 Å². The summed E-state index contributed by atoms with van der Waals surface area (Å²) in [6.07, 6.45) is 4.04. The molecule has 1 saturated heterocycles. The van der Waals surface area contributed by atoms with Crippen LogP contribution in [0.4, 0.5) is 10.1 Å². The third-order valence-corrected chi connectivity index (χ3v) is 7.75. The Bertz CT molecular complexity index is 1590. The van der Waals surface area contributed by atoms with Crippen molar-refractivity contribution in [2.24, 2.45) is 0 Å². The molecule has 1 amide bonds. The molecule has 2 aliphatic rings. The molecule has 1 atom stereocenters. The van der Waals surface area contributed by atoms with E-state index < -0.39 is 0 Å². The quantitative estimate of drug-likeness (QED) is 0.335. The number of aryl methyl sites for hydroxylation is 1. The van der Waals surface area contributed by atoms with Gasteiger partial charge in [0.15, 0.2) is 0 Å². The van der Waals surface area contributed by atoms with Crippen molar-refractivity contribution in [3.63, 3.8) is 0 Å². The van der Waals surface area contributed by atoms with Crippen LogP contribution in [-0.4, -0.2) is 56.8 Å². The van der Waals surface area contributed by atoms with Gasteiger partial charge in [0, 0.05) is 37.4 Å². The number of benzene rings is 2. The van der Waals surface area contributed by atoms with Crippen LogP contribution in [0, 0.1) is 12.7 Å². The molecule has 0 spiro atoms. The number of aromatic nitrogens is 3. The molecule has 4 heterocycles. The highest BCUT2D eigenvalue weighted by Crippen LogP contribution is 2.31. The van der Waals surface area contributed by atoms with E-state index in [1.54, 1.807) is 18.3 Å². The molecule has 2 aliphatic heterocycles. The average Bonchev–Trinajstić information content (AvgIpc) is 3.62. The fourth-order valence-corrected chi connectivity index (χ4v) is 5.67. The lowest BCUT2D eigenvalue weighted by Crippen LogP contribution is -2.33. The van der Waals surface area contributed by atoms with E-state index in [4.69, 9.17) is 4.98 Å². The summed E-state index contributed by atoms with van der Waals surface area (Å²) in [5.74, 6) is 0.138. The highest BCUT2D eigenvalue weighted by molar-refractivity contribution is 6.02. The molecule has 0 unspecified atom stereocenters. The van der Waals surface area contributed by atoms with E-state index in [2.05, 4.69) is 20.2 Å². The van der Waals surface area contributed by atoms with E-state index in [1.807, 2.05) is 30.9 Å². The summed E-state index contributed by atoms with van der Waals surface area (Å²) in [6.45, 7) is 8.28. The topological polar surface area (TPSA) is 97.1 Å². The van der Waals surface area contributed by atoms with E-state index in [1.165, 1.54) is 25.0 Å². The van der Waals surface area contributed by atoms with Crippen LogP contribution in [0.15, 0.2) is 47.4 Å². The van der Waals surface area contributed by atoms with Crippen LogP contribution in [0.5, 0.6) is 0 Å². The lowest BCUT2D eigenvalue weighted by molar-refractivity contribution is 0.0763. The zero-order valence-electron chi connectivity index (χ0n) is 21.6. The van der Waals surface area contributed by atoms with Crippen molar-refractivity contribution in [3.8, 4) is 11.4 Å². The Kier molecular flexibility index (Phi) is 6.23. The van der Waals surface area contributed by atoms with Crippen LogP contribution in [0.3, 0.4) is 0 Å².